The predicted molar refractivity (Wildman–Crippen MR) is 123 cm³/mol. The van der Waals surface area contributed by atoms with Crippen molar-refractivity contribution in [2.24, 2.45) is 22.7 Å². The Balaban J connectivity index is 1.37. The standard InChI is InChI=1S/C27H34N2O2/c1-4-29-25(30)31-20-11-13-26(2)19(16-20)7-8-21-23-10-9-22(18-6-5-15-28-17-18)27(23,3)14-12-24(21)26/h5-7,9-10,15,17,20-21,24H,4,8,11-14,16H2,1-3H3,(H,29,30)/t20?,21?,24?,26-,27+/m0/s1. The van der Waals surface area contributed by atoms with Crippen molar-refractivity contribution in [3.8, 4) is 0 Å². The number of hydrogen-bond donors (Lipinski definition) is 1. The van der Waals surface area contributed by atoms with Gasteiger partial charge in [0.25, 0.3) is 0 Å². The molecule has 5 rings (SSSR count). The molecule has 4 nitrogen and oxygen atoms in total. The fourth-order valence-electron chi connectivity index (χ4n) is 7.01. The SMILES string of the molecule is CCNC(=O)OC1CC[C@@]2(C)C(=CCC3C4=CC=C(c5cccnc5)[C@@]4(C)CCC32)C1. The Labute approximate surface area is 185 Å². The number of rotatable bonds is 3. The lowest BCUT2D eigenvalue weighted by atomic mass is 9.49. The van der Waals surface area contributed by atoms with Gasteiger partial charge >= 0.3 is 6.09 Å². The first-order valence-electron chi connectivity index (χ1n) is 11.9. The van der Waals surface area contributed by atoms with Gasteiger partial charge in [0, 0.05) is 30.8 Å². The van der Waals surface area contributed by atoms with Crippen LogP contribution >= 0.6 is 0 Å². The van der Waals surface area contributed by atoms with Gasteiger partial charge in [0.2, 0.25) is 0 Å². The first kappa shape index (κ1) is 20.5. The summed E-state index contributed by atoms with van der Waals surface area (Å²) < 4.78 is 5.69. The fourth-order valence-corrected chi connectivity index (χ4v) is 7.01. The minimum Gasteiger partial charge on any atom is -0.446 e. The Morgan fingerprint density at radius 3 is 2.90 bits per heavy atom. The molecule has 1 heterocycles. The zero-order valence-electron chi connectivity index (χ0n) is 19.0. The number of aromatic nitrogens is 1. The number of carbonyl (C=O) groups is 1. The van der Waals surface area contributed by atoms with Gasteiger partial charge in [-0.1, -0.05) is 49.3 Å². The summed E-state index contributed by atoms with van der Waals surface area (Å²) in [6, 6.07) is 4.24. The molecule has 0 radical (unpaired) electrons. The largest absolute Gasteiger partial charge is 0.446 e. The van der Waals surface area contributed by atoms with Crippen LogP contribution in [0, 0.1) is 22.7 Å². The van der Waals surface area contributed by atoms with E-state index in [1.807, 2.05) is 25.4 Å². The summed E-state index contributed by atoms with van der Waals surface area (Å²) in [5.41, 5.74) is 6.20. The van der Waals surface area contributed by atoms with E-state index in [-0.39, 0.29) is 23.0 Å². The number of fused-ring (bicyclic) bond motifs is 5. The predicted octanol–water partition coefficient (Wildman–Crippen LogP) is 6.07. The van der Waals surface area contributed by atoms with E-state index in [0.717, 1.165) is 25.7 Å². The summed E-state index contributed by atoms with van der Waals surface area (Å²) >= 11 is 0. The van der Waals surface area contributed by atoms with Crippen LogP contribution in [0.5, 0.6) is 0 Å². The molecule has 0 spiro atoms. The number of ether oxygens (including phenoxy) is 1. The molecule has 4 heteroatoms. The topological polar surface area (TPSA) is 51.2 Å². The normalized spacial score (nSPS) is 36.2. The molecule has 1 amide bonds. The van der Waals surface area contributed by atoms with Crippen LogP contribution in [0.25, 0.3) is 5.57 Å². The molecule has 0 aromatic carbocycles. The van der Waals surface area contributed by atoms with Gasteiger partial charge in [-0.25, -0.2) is 4.79 Å². The molecule has 1 aromatic rings. The Bertz CT molecular complexity index is 963. The second-order valence-corrected chi connectivity index (χ2v) is 10.2. The first-order valence-corrected chi connectivity index (χ1v) is 11.9. The highest BCUT2D eigenvalue weighted by molar-refractivity contribution is 5.78. The zero-order valence-corrected chi connectivity index (χ0v) is 19.0. The molecule has 0 bridgehead atoms. The molecule has 1 N–H and O–H groups in total. The van der Waals surface area contributed by atoms with E-state index in [2.05, 4.69) is 48.4 Å². The summed E-state index contributed by atoms with van der Waals surface area (Å²) in [5, 5.41) is 2.77. The quantitative estimate of drug-likeness (QED) is 0.606. The average molecular weight is 419 g/mol. The van der Waals surface area contributed by atoms with Crippen molar-refractivity contribution < 1.29 is 9.53 Å². The maximum absolute atomic E-state index is 11.9. The third-order valence-electron chi connectivity index (χ3n) is 8.67. The summed E-state index contributed by atoms with van der Waals surface area (Å²) in [5.74, 6) is 1.29. The Hall–Kier alpha value is -2.36. The minimum atomic E-state index is -0.274. The number of alkyl carbamates (subject to hydrolysis) is 1. The van der Waals surface area contributed by atoms with Crippen LogP contribution in [0.1, 0.15) is 64.9 Å². The van der Waals surface area contributed by atoms with E-state index in [4.69, 9.17) is 4.74 Å². The Kier molecular flexibility index (Phi) is 5.07. The third kappa shape index (κ3) is 3.26. The van der Waals surface area contributed by atoms with Gasteiger partial charge in [-0.2, -0.15) is 0 Å². The molecule has 31 heavy (non-hydrogen) atoms. The van der Waals surface area contributed by atoms with Gasteiger partial charge < -0.3 is 10.1 Å². The minimum absolute atomic E-state index is 0.0147. The van der Waals surface area contributed by atoms with Crippen molar-refractivity contribution in [2.45, 2.75) is 65.4 Å². The molecule has 1 aromatic heterocycles. The van der Waals surface area contributed by atoms with Crippen LogP contribution in [-0.2, 0) is 4.74 Å². The van der Waals surface area contributed by atoms with Gasteiger partial charge in [-0.15, -0.1) is 0 Å². The van der Waals surface area contributed by atoms with Crippen LogP contribution < -0.4 is 5.32 Å². The summed E-state index contributed by atoms with van der Waals surface area (Å²) in [4.78, 5) is 16.3. The van der Waals surface area contributed by atoms with Gasteiger partial charge in [-0.3, -0.25) is 4.98 Å². The second kappa shape index (κ2) is 7.65. The smallest absolute Gasteiger partial charge is 0.407 e. The average Bonchev–Trinajstić information content (AvgIpc) is 3.12. The molecule has 4 aliphatic rings. The number of carbonyl (C=O) groups excluding carboxylic acids is 1. The van der Waals surface area contributed by atoms with Gasteiger partial charge in [0.1, 0.15) is 6.10 Å². The van der Waals surface area contributed by atoms with E-state index in [0.29, 0.717) is 18.4 Å². The number of amides is 1. The number of allylic oxidation sites excluding steroid dienone is 5. The molecule has 3 unspecified atom stereocenters. The lowest BCUT2D eigenvalue weighted by molar-refractivity contribution is 0.0250. The molecular formula is C27H34N2O2. The monoisotopic (exact) mass is 418 g/mol. The van der Waals surface area contributed by atoms with E-state index < -0.39 is 0 Å². The molecule has 2 saturated carbocycles. The van der Waals surface area contributed by atoms with Gasteiger partial charge in [0.05, 0.1) is 0 Å². The number of hydrogen-bond acceptors (Lipinski definition) is 3. The molecule has 0 saturated heterocycles. The maximum atomic E-state index is 11.9. The summed E-state index contributed by atoms with van der Waals surface area (Å²) in [6.07, 6.45) is 17.4. The van der Waals surface area contributed by atoms with Crippen LogP contribution in [0.15, 0.2) is 53.9 Å². The zero-order chi connectivity index (χ0) is 21.6. The Morgan fingerprint density at radius 2 is 2.13 bits per heavy atom. The van der Waals surface area contributed by atoms with E-state index in [9.17, 15) is 4.79 Å². The number of nitrogens with one attached hydrogen (secondary N) is 1. The van der Waals surface area contributed by atoms with E-state index >= 15 is 0 Å². The molecule has 2 fully saturated rings. The van der Waals surface area contributed by atoms with Crippen molar-refractivity contribution >= 4 is 11.7 Å². The fraction of sp³-hybridized carbons (Fsp3) is 0.556. The summed E-state index contributed by atoms with van der Waals surface area (Å²) in [6.45, 7) is 7.45. The van der Waals surface area contributed by atoms with E-state index in [1.165, 1.54) is 29.6 Å². The van der Waals surface area contributed by atoms with Crippen molar-refractivity contribution in [1.82, 2.24) is 10.3 Å². The number of nitrogens with zero attached hydrogens (tertiary/aromatic N) is 1. The van der Waals surface area contributed by atoms with Crippen molar-refractivity contribution in [3.05, 3.63) is 59.5 Å². The summed E-state index contributed by atoms with van der Waals surface area (Å²) in [7, 11) is 0. The van der Waals surface area contributed by atoms with Crippen LogP contribution in [0.4, 0.5) is 4.79 Å². The van der Waals surface area contributed by atoms with Crippen molar-refractivity contribution in [3.63, 3.8) is 0 Å². The lowest BCUT2D eigenvalue weighted by Crippen LogP contribution is -2.47. The molecular weight excluding hydrogens is 384 g/mol. The highest BCUT2D eigenvalue weighted by atomic mass is 16.6. The van der Waals surface area contributed by atoms with Crippen LogP contribution in [0.2, 0.25) is 0 Å². The Morgan fingerprint density at radius 1 is 1.26 bits per heavy atom. The molecule has 164 valence electrons. The maximum Gasteiger partial charge on any atom is 0.407 e. The van der Waals surface area contributed by atoms with Crippen LogP contribution in [0.3, 0.4) is 0 Å². The molecule has 0 aliphatic heterocycles. The highest BCUT2D eigenvalue weighted by Crippen LogP contribution is 2.64. The molecule has 4 aliphatic carbocycles. The van der Waals surface area contributed by atoms with Gasteiger partial charge in [-0.05, 0) is 73.5 Å². The van der Waals surface area contributed by atoms with E-state index in [1.54, 1.807) is 5.57 Å². The first-order chi connectivity index (χ1) is 15.0. The highest BCUT2D eigenvalue weighted by Gasteiger charge is 2.54. The van der Waals surface area contributed by atoms with Gasteiger partial charge in [0.15, 0.2) is 0 Å². The second-order valence-electron chi connectivity index (χ2n) is 10.2. The number of pyridine rings is 1. The third-order valence-corrected chi connectivity index (χ3v) is 8.67. The van der Waals surface area contributed by atoms with Crippen molar-refractivity contribution in [2.75, 3.05) is 6.54 Å². The van der Waals surface area contributed by atoms with Crippen molar-refractivity contribution in [1.29, 1.82) is 0 Å². The van der Waals surface area contributed by atoms with Crippen LogP contribution in [-0.4, -0.2) is 23.7 Å². The lowest BCUT2D eigenvalue weighted by Gasteiger charge is -2.56. The molecule has 5 atom stereocenters.